The minimum Gasteiger partial charge on any atom is -0.205 e. The summed E-state index contributed by atoms with van der Waals surface area (Å²) in [5, 5.41) is 0. The molecule has 0 saturated carbocycles. The summed E-state index contributed by atoms with van der Waals surface area (Å²) in [6, 6.07) is 0. The summed E-state index contributed by atoms with van der Waals surface area (Å²) in [6.45, 7) is 0. The van der Waals surface area contributed by atoms with Crippen LogP contribution in [0, 0.1) is 0 Å². The number of hydrogen-bond acceptors (Lipinski definition) is 0. The molecule has 10 heteroatoms. The Bertz CT molecular complexity index is 326. The van der Waals surface area contributed by atoms with Gasteiger partial charge in [0.1, 0.15) is 0 Å². The first-order valence-corrected chi connectivity index (χ1v) is 5.66. The molecule has 0 bridgehead atoms. The Hall–Kier alpha value is 1.20. The van der Waals surface area contributed by atoms with Crippen LogP contribution in [0.15, 0.2) is 11.7 Å². The Kier molecular flexibility index (Phi) is 3.67. The van der Waals surface area contributed by atoms with E-state index in [1.54, 1.807) is 0 Å². The summed E-state index contributed by atoms with van der Waals surface area (Å²) in [4.78, 5) is 0. The van der Waals surface area contributed by atoms with Gasteiger partial charge in [0.2, 0.25) is 14.5 Å². The van der Waals surface area contributed by atoms with E-state index < -0.39 is 30.6 Å². The van der Waals surface area contributed by atoms with Crippen LogP contribution in [-0.2, 0) is 0 Å². The summed E-state index contributed by atoms with van der Waals surface area (Å²) in [6.07, 6.45) is 0. The van der Waals surface area contributed by atoms with Crippen molar-refractivity contribution in [3.05, 3.63) is 11.7 Å². The molecule has 0 aromatic heterocycles. The Morgan fingerprint density at radius 2 is 1.06 bits per heavy atom. The highest BCUT2D eigenvalue weighted by Gasteiger charge is 2.78. The molecule has 0 heterocycles. The highest BCUT2D eigenvalue weighted by Crippen LogP contribution is 2.67. The summed E-state index contributed by atoms with van der Waals surface area (Å²) >= 11 is 31.4. The van der Waals surface area contributed by atoms with Gasteiger partial charge >= 0.3 is 5.92 Å². The van der Waals surface area contributed by atoms with Crippen molar-refractivity contribution < 1.29 is 17.6 Å². The lowest BCUT2D eigenvalue weighted by molar-refractivity contribution is -0.0177. The van der Waals surface area contributed by atoms with Crippen molar-refractivity contribution in [3.8, 4) is 0 Å². The summed E-state index contributed by atoms with van der Waals surface area (Å²) in [7, 11) is 0. The minimum absolute atomic E-state index is 2.23. The van der Waals surface area contributed by atoms with Gasteiger partial charge in [0.05, 0.1) is 0 Å². The van der Waals surface area contributed by atoms with E-state index in [0.717, 1.165) is 0 Å². The van der Waals surface area contributed by atoms with Crippen molar-refractivity contribution in [2.75, 3.05) is 0 Å². The zero-order chi connectivity index (χ0) is 13.2. The highest BCUT2D eigenvalue weighted by molar-refractivity contribution is 6.71. The number of hydrogen-bond donors (Lipinski definition) is 0. The Morgan fingerprint density at radius 1 is 0.688 bits per heavy atom. The lowest BCUT2D eigenvalue weighted by Crippen LogP contribution is -2.63. The van der Waals surface area contributed by atoms with Gasteiger partial charge in [-0.2, -0.15) is 8.78 Å². The molecule has 0 N–H and O–H groups in total. The molecule has 0 nitrogen and oxygen atoms in total. The summed E-state index contributed by atoms with van der Waals surface area (Å²) < 4.78 is 43.1. The maximum Gasteiger partial charge on any atom is 0.336 e. The van der Waals surface area contributed by atoms with Crippen LogP contribution in [0.1, 0.15) is 0 Å². The first kappa shape index (κ1) is 15.3. The average Bonchev–Trinajstić information content (AvgIpc) is 2.12. The Labute approximate surface area is 117 Å². The SMILES string of the molecule is FC1=C(F)C(Cl)(Cl)C(Cl)(Cl)C(Cl)(Cl)C1(F)F. The standard InChI is InChI=1S/C6Cl6F4/c7-3(8)1(13)2(14)4(15,16)6(11,12)5(3,9)10. The van der Waals surface area contributed by atoms with Gasteiger partial charge in [0, 0.05) is 0 Å². The van der Waals surface area contributed by atoms with Crippen LogP contribution in [0.2, 0.25) is 0 Å². The Morgan fingerprint density at radius 3 is 1.44 bits per heavy atom. The third-order valence-electron chi connectivity index (χ3n) is 1.93. The Balaban J connectivity index is 3.64. The summed E-state index contributed by atoms with van der Waals surface area (Å²) in [5.41, 5.74) is 0. The lowest BCUT2D eigenvalue weighted by Gasteiger charge is -2.46. The van der Waals surface area contributed by atoms with E-state index in [1.165, 1.54) is 0 Å². The molecular formula is C6Cl6F4. The molecule has 0 spiro atoms. The van der Waals surface area contributed by atoms with Crippen LogP contribution < -0.4 is 0 Å². The number of allylic oxidation sites excluding steroid dienone is 2. The highest BCUT2D eigenvalue weighted by atomic mass is 35.5. The second-order valence-electron chi connectivity index (χ2n) is 2.93. The first-order valence-electron chi connectivity index (χ1n) is 3.39. The van der Waals surface area contributed by atoms with Gasteiger partial charge in [-0.3, -0.25) is 0 Å². The zero-order valence-electron chi connectivity index (χ0n) is 6.78. The molecule has 1 aliphatic rings. The monoisotopic (exact) mass is 358 g/mol. The van der Waals surface area contributed by atoms with E-state index in [9.17, 15) is 17.6 Å². The van der Waals surface area contributed by atoms with Gasteiger partial charge in [-0.1, -0.05) is 69.6 Å². The fourth-order valence-electron chi connectivity index (χ4n) is 0.946. The van der Waals surface area contributed by atoms with E-state index >= 15 is 0 Å². The minimum atomic E-state index is -4.67. The quantitative estimate of drug-likeness (QED) is 0.406. The van der Waals surface area contributed by atoms with E-state index in [-0.39, 0.29) is 0 Å². The molecule has 1 rings (SSSR count). The van der Waals surface area contributed by atoms with Crippen LogP contribution in [0.5, 0.6) is 0 Å². The number of alkyl halides is 8. The zero-order valence-corrected chi connectivity index (χ0v) is 11.3. The summed E-state index contributed by atoms with van der Waals surface area (Å²) in [5.74, 6) is -9.51. The predicted molar refractivity (Wildman–Crippen MR) is 57.5 cm³/mol. The molecule has 1 aliphatic carbocycles. The maximum absolute atomic E-state index is 13.2. The molecule has 16 heavy (non-hydrogen) atoms. The number of rotatable bonds is 0. The molecule has 0 fully saturated rings. The third-order valence-corrected chi connectivity index (χ3v) is 5.78. The molecule has 0 amide bonds. The molecule has 0 aromatic carbocycles. The van der Waals surface area contributed by atoms with Crippen molar-refractivity contribution in [3.63, 3.8) is 0 Å². The van der Waals surface area contributed by atoms with Crippen molar-refractivity contribution in [1.82, 2.24) is 0 Å². The van der Waals surface area contributed by atoms with E-state index in [0.29, 0.717) is 0 Å². The molecule has 94 valence electrons. The second-order valence-corrected chi connectivity index (χ2v) is 6.91. The normalized spacial score (nSPS) is 30.4. The smallest absolute Gasteiger partial charge is 0.205 e. The van der Waals surface area contributed by atoms with Gasteiger partial charge in [0.25, 0.3) is 0 Å². The lowest BCUT2D eigenvalue weighted by atomic mass is 9.98. The molecule has 0 saturated heterocycles. The second kappa shape index (κ2) is 3.84. The van der Waals surface area contributed by atoms with Crippen LogP contribution in [0.3, 0.4) is 0 Å². The van der Waals surface area contributed by atoms with Crippen molar-refractivity contribution in [2.45, 2.75) is 18.9 Å². The van der Waals surface area contributed by atoms with Crippen LogP contribution >= 0.6 is 69.6 Å². The third kappa shape index (κ3) is 1.57. The number of halogens is 10. The molecule has 0 atom stereocenters. The molecule has 0 unspecified atom stereocenters. The van der Waals surface area contributed by atoms with Crippen molar-refractivity contribution in [2.24, 2.45) is 0 Å². The molecule has 0 aliphatic heterocycles. The van der Waals surface area contributed by atoms with Crippen LogP contribution in [0.25, 0.3) is 0 Å². The van der Waals surface area contributed by atoms with E-state index in [2.05, 4.69) is 0 Å². The average molecular weight is 361 g/mol. The maximum atomic E-state index is 13.2. The molecule has 0 radical (unpaired) electrons. The van der Waals surface area contributed by atoms with Gasteiger partial charge < -0.3 is 0 Å². The predicted octanol–water partition coefficient (Wildman–Crippen LogP) is 5.31. The van der Waals surface area contributed by atoms with Gasteiger partial charge in [-0.25, -0.2) is 8.78 Å². The van der Waals surface area contributed by atoms with E-state index in [1.807, 2.05) is 0 Å². The molecular weight excluding hydrogens is 361 g/mol. The fourth-order valence-corrected chi connectivity index (χ4v) is 2.44. The van der Waals surface area contributed by atoms with Gasteiger partial charge in [0.15, 0.2) is 10.2 Å². The van der Waals surface area contributed by atoms with Crippen molar-refractivity contribution >= 4 is 69.6 Å². The van der Waals surface area contributed by atoms with Gasteiger partial charge in [-0.05, 0) is 0 Å². The van der Waals surface area contributed by atoms with Crippen LogP contribution in [0.4, 0.5) is 17.6 Å². The first-order chi connectivity index (χ1) is 6.82. The molecule has 0 aromatic rings. The topological polar surface area (TPSA) is 0 Å². The van der Waals surface area contributed by atoms with E-state index in [4.69, 9.17) is 69.6 Å². The fraction of sp³-hybridized carbons (Fsp3) is 0.667. The van der Waals surface area contributed by atoms with Crippen LogP contribution in [-0.4, -0.2) is 18.9 Å². The van der Waals surface area contributed by atoms with Crippen molar-refractivity contribution in [1.29, 1.82) is 0 Å². The van der Waals surface area contributed by atoms with Gasteiger partial charge in [-0.15, -0.1) is 0 Å². The largest absolute Gasteiger partial charge is 0.336 e.